The van der Waals surface area contributed by atoms with Gasteiger partial charge < -0.3 is 14.7 Å². The number of fused-ring (bicyclic) bond motifs is 1. The van der Waals surface area contributed by atoms with Crippen LogP contribution >= 0.6 is 11.8 Å². The van der Waals surface area contributed by atoms with Gasteiger partial charge in [-0.1, -0.05) is 6.92 Å². The van der Waals surface area contributed by atoms with Crippen molar-refractivity contribution < 1.29 is 19.0 Å². The van der Waals surface area contributed by atoms with E-state index in [1.165, 1.54) is 12.2 Å². The highest BCUT2D eigenvalue weighted by atomic mass is 32.2. The topological polar surface area (TPSA) is 62.7 Å². The largest absolute Gasteiger partial charge is 0.497 e. The zero-order valence-corrected chi connectivity index (χ0v) is 20.0. The Balaban J connectivity index is 1.58. The first-order valence-corrected chi connectivity index (χ1v) is 12.8. The van der Waals surface area contributed by atoms with Gasteiger partial charge in [-0.25, -0.2) is 4.39 Å². The second-order valence-electron chi connectivity index (χ2n) is 8.59. The second kappa shape index (κ2) is 12.4. The first kappa shape index (κ1) is 24.8. The Morgan fingerprint density at radius 1 is 1.38 bits per heavy atom. The maximum atomic E-state index is 15.3. The van der Waals surface area contributed by atoms with Crippen molar-refractivity contribution in [1.82, 2.24) is 9.88 Å². The van der Waals surface area contributed by atoms with Crippen LogP contribution in [0.2, 0.25) is 0 Å². The average molecular weight is 463 g/mol. The smallest absolute Gasteiger partial charge is 0.308 e. The van der Waals surface area contributed by atoms with Gasteiger partial charge in [-0.2, -0.15) is 11.8 Å². The number of pyridine rings is 1. The Labute approximate surface area is 194 Å². The first-order chi connectivity index (χ1) is 15.5. The number of methoxy groups -OCH3 is 1. The normalized spacial score (nSPS) is 20.3. The van der Waals surface area contributed by atoms with Gasteiger partial charge in [0.05, 0.1) is 18.5 Å². The monoisotopic (exact) mass is 462 g/mol. The quantitative estimate of drug-likeness (QED) is 0.415. The van der Waals surface area contributed by atoms with Crippen LogP contribution in [0.3, 0.4) is 0 Å². The molecular weight excluding hydrogens is 427 g/mol. The van der Waals surface area contributed by atoms with Crippen LogP contribution in [-0.2, 0) is 4.79 Å². The van der Waals surface area contributed by atoms with Crippen molar-refractivity contribution in [2.75, 3.05) is 38.2 Å². The lowest BCUT2D eigenvalue weighted by Crippen LogP contribution is -2.44. The van der Waals surface area contributed by atoms with Crippen LogP contribution in [0, 0.1) is 11.8 Å². The number of aliphatic carboxylic acids is 1. The van der Waals surface area contributed by atoms with E-state index in [1.54, 1.807) is 19.4 Å². The van der Waals surface area contributed by atoms with E-state index < -0.39 is 18.1 Å². The summed E-state index contributed by atoms with van der Waals surface area (Å²) in [6.45, 7) is 4.61. The fraction of sp³-hybridized carbons (Fsp3) is 0.600. The molecule has 0 bridgehead atoms. The number of rotatable bonds is 12. The third-order valence-corrected chi connectivity index (χ3v) is 7.65. The van der Waals surface area contributed by atoms with Gasteiger partial charge in [0.15, 0.2) is 0 Å². The lowest BCUT2D eigenvalue weighted by molar-refractivity contribution is -0.146. The molecule has 5 nitrogen and oxygen atoms in total. The third kappa shape index (κ3) is 6.58. The van der Waals surface area contributed by atoms with Gasteiger partial charge in [-0.15, -0.1) is 0 Å². The molecule has 1 aromatic heterocycles. The molecule has 1 N–H and O–H groups in total. The summed E-state index contributed by atoms with van der Waals surface area (Å²) in [6, 6.07) is 7.20. The maximum absolute atomic E-state index is 15.3. The minimum Gasteiger partial charge on any atom is -0.497 e. The predicted molar refractivity (Wildman–Crippen MR) is 129 cm³/mol. The number of alkyl halides is 1. The molecular formula is C25H35FN2O3S. The number of benzene rings is 1. The van der Waals surface area contributed by atoms with Crippen LogP contribution in [0.4, 0.5) is 4.39 Å². The van der Waals surface area contributed by atoms with E-state index in [2.05, 4.69) is 16.8 Å². The number of carboxylic acid groups (broad SMARTS) is 1. The van der Waals surface area contributed by atoms with Crippen LogP contribution in [0.25, 0.3) is 10.9 Å². The summed E-state index contributed by atoms with van der Waals surface area (Å²) in [5.41, 5.74) is 1.34. The fourth-order valence-corrected chi connectivity index (χ4v) is 5.42. The Bertz CT molecular complexity index is 881. The summed E-state index contributed by atoms with van der Waals surface area (Å²) in [6.07, 6.45) is 4.47. The van der Waals surface area contributed by atoms with Gasteiger partial charge in [-0.05, 0) is 92.4 Å². The zero-order valence-electron chi connectivity index (χ0n) is 19.1. The van der Waals surface area contributed by atoms with Crippen molar-refractivity contribution in [3.05, 3.63) is 36.0 Å². The molecule has 32 heavy (non-hydrogen) atoms. The highest BCUT2D eigenvalue weighted by Crippen LogP contribution is 2.35. The summed E-state index contributed by atoms with van der Waals surface area (Å²) in [7, 11) is 1.59. The average Bonchev–Trinajstić information content (AvgIpc) is 2.81. The molecule has 176 valence electrons. The molecule has 1 saturated heterocycles. The maximum Gasteiger partial charge on any atom is 0.308 e. The molecule has 1 fully saturated rings. The molecule has 0 spiro atoms. The Kier molecular flexibility index (Phi) is 9.60. The molecule has 1 aromatic carbocycles. The van der Waals surface area contributed by atoms with Crippen molar-refractivity contribution >= 4 is 28.6 Å². The molecule has 2 heterocycles. The number of hydrogen-bond donors (Lipinski definition) is 1. The fourth-order valence-electron chi connectivity index (χ4n) is 4.60. The van der Waals surface area contributed by atoms with E-state index >= 15 is 4.39 Å². The van der Waals surface area contributed by atoms with E-state index in [0.29, 0.717) is 30.7 Å². The van der Waals surface area contributed by atoms with Crippen LogP contribution in [0.5, 0.6) is 5.75 Å². The van der Waals surface area contributed by atoms with E-state index in [-0.39, 0.29) is 5.92 Å². The number of hydrogen-bond acceptors (Lipinski definition) is 5. The van der Waals surface area contributed by atoms with Crippen LogP contribution < -0.4 is 4.74 Å². The molecule has 0 amide bonds. The van der Waals surface area contributed by atoms with Crippen molar-refractivity contribution in [3.63, 3.8) is 0 Å². The second-order valence-corrected chi connectivity index (χ2v) is 9.81. The SMILES string of the molecule is CCCSCCCN1CC[C@@H](CCC(F)c2ccnc3ccc(OC)cc23)[C@@H](C(=O)O)C1. The van der Waals surface area contributed by atoms with Gasteiger partial charge >= 0.3 is 5.97 Å². The summed E-state index contributed by atoms with van der Waals surface area (Å²) >= 11 is 1.96. The molecule has 0 saturated carbocycles. The molecule has 1 aliphatic rings. The van der Waals surface area contributed by atoms with Gasteiger partial charge in [0.1, 0.15) is 11.9 Å². The molecule has 2 aromatic rings. The number of thioether (sulfide) groups is 1. The molecule has 3 rings (SSSR count). The number of aromatic nitrogens is 1. The molecule has 1 unspecified atom stereocenters. The highest BCUT2D eigenvalue weighted by molar-refractivity contribution is 7.99. The van der Waals surface area contributed by atoms with E-state index in [4.69, 9.17) is 4.74 Å². The number of ether oxygens (including phenoxy) is 1. The van der Waals surface area contributed by atoms with Crippen molar-refractivity contribution in [1.29, 1.82) is 0 Å². The number of nitrogens with zero attached hydrogens (tertiary/aromatic N) is 2. The van der Waals surface area contributed by atoms with Crippen LogP contribution in [-0.4, -0.2) is 59.2 Å². The van der Waals surface area contributed by atoms with Crippen LogP contribution in [0.15, 0.2) is 30.5 Å². The Morgan fingerprint density at radius 3 is 2.97 bits per heavy atom. The van der Waals surface area contributed by atoms with Crippen LogP contribution in [0.1, 0.15) is 50.8 Å². The Hall–Kier alpha value is -1.86. The molecule has 1 aliphatic heterocycles. The number of likely N-dealkylation sites (tertiary alicyclic amines) is 1. The molecule has 3 atom stereocenters. The number of piperidine rings is 1. The molecule has 7 heteroatoms. The summed E-state index contributed by atoms with van der Waals surface area (Å²) < 4.78 is 20.6. The zero-order chi connectivity index (χ0) is 22.9. The van der Waals surface area contributed by atoms with E-state index in [9.17, 15) is 9.90 Å². The van der Waals surface area contributed by atoms with Gasteiger partial charge in [0, 0.05) is 18.1 Å². The van der Waals surface area contributed by atoms with E-state index in [1.807, 2.05) is 30.0 Å². The minimum absolute atomic E-state index is 0.0131. The van der Waals surface area contributed by atoms with E-state index in [0.717, 1.165) is 42.6 Å². The molecule has 0 aliphatic carbocycles. The van der Waals surface area contributed by atoms with Gasteiger partial charge in [0.25, 0.3) is 0 Å². The van der Waals surface area contributed by atoms with Crippen molar-refractivity contribution in [2.45, 2.75) is 45.2 Å². The Morgan fingerprint density at radius 2 is 2.22 bits per heavy atom. The lowest BCUT2D eigenvalue weighted by Gasteiger charge is -2.36. The van der Waals surface area contributed by atoms with Crippen molar-refractivity contribution in [2.24, 2.45) is 11.8 Å². The van der Waals surface area contributed by atoms with Crippen molar-refractivity contribution in [3.8, 4) is 5.75 Å². The first-order valence-electron chi connectivity index (χ1n) is 11.6. The number of halogens is 1. The number of carboxylic acids is 1. The highest BCUT2D eigenvalue weighted by Gasteiger charge is 2.34. The number of carbonyl (C=O) groups is 1. The predicted octanol–water partition coefficient (Wildman–Crippen LogP) is 5.59. The summed E-state index contributed by atoms with van der Waals surface area (Å²) in [4.78, 5) is 18.5. The van der Waals surface area contributed by atoms with Gasteiger partial charge in [0.2, 0.25) is 0 Å². The standard InChI is InChI=1S/C25H35FN2O3S/c1-3-14-32-15-4-12-28-13-10-18(22(17-28)25(29)30)5-7-23(26)20-9-11-27-24-8-6-19(31-2)16-21(20)24/h6,8-9,11,16,18,22-23H,3-5,7,10,12-15,17H2,1-2H3,(H,29,30)/t18-,22+,23?/m1/s1. The van der Waals surface area contributed by atoms with Gasteiger partial charge in [-0.3, -0.25) is 9.78 Å². The third-order valence-electron chi connectivity index (χ3n) is 6.38. The minimum atomic E-state index is -1.16. The lowest BCUT2D eigenvalue weighted by atomic mass is 9.81. The summed E-state index contributed by atoms with van der Waals surface area (Å²) in [5, 5.41) is 10.6. The molecule has 0 radical (unpaired) electrons. The summed E-state index contributed by atoms with van der Waals surface area (Å²) in [5.74, 6) is 1.82.